The number of carbonyl (C=O) groups is 1. The lowest BCUT2D eigenvalue weighted by atomic mass is 10.0. The molecule has 3 aliphatic rings. The Kier molecular flexibility index (Phi) is 8.61. The minimum Gasteiger partial charge on any atom is -0.379 e. The maximum absolute atomic E-state index is 12.5. The highest BCUT2D eigenvalue weighted by atomic mass is 35.5. The molecule has 3 aliphatic heterocycles. The highest BCUT2D eigenvalue weighted by Crippen LogP contribution is 2.33. The monoisotopic (exact) mass is 533 g/mol. The lowest BCUT2D eigenvalue weighted by Gasteiger charge is -2.38. The molecule has 36 heavy (non-hydrogen) atoms. The second kappa shape index (κ2) is 12.1. The van der Waals surface area contributed by atoms with Gasteiger partial charge in [-0.3, -0.25) is 9.69 Å². The Labute approximate surface area is 220 Å². The fraction of sp³-hybridized carbons (Fsp3) is 0.560. The van der Waals surface area contributed by atoms with Gasteiger partial charge in [0.2, 0.25) is 0 Å². The Morgan fingerprint density at radius 2 is 1.75 bits per heavy atom. The van der Waals surface area contributed by atoms with Gasteiger partial charge in [0.1, 0.15) is 11.0 Å². The predicted molar refractivity (Wildman–Crippen MR) is 139 cm³/mol. The Bertz CT molecular complexity index is 1020. The third kappa shape index (κ3) is 6.67. The number of carbonyl (C=O) groups excluding carboxylic acids is 1. The zero-order chi connectivity index (χ0) is 24.8. The summed E-state index contributed by atoms with van der Waals surface area (Å²) in [5.41, 5.74) is 1.75. The molecule has 1 spiro atoms. The summed E-state index contributed by atoms with van der Waals surface area (Å²) < 4.78 is 17.0. The minimum atomic E-state index is -0.420. The smallest absolute Gasteiger partial charge is 0.251 e. The molecule has 0 bridgehead atoms. The quantitative estimate of drug-likeness (QED) is 0.312. The number of nitrogens with one attached hydrogen (secondary N) is 1. The van der Waals surface area contributed by atoms with Crippen LogP contribution in [0.15, 0.2) is 35.5 Å². The van der Waals surface area contributed by atoms with Crippen LogP contribution in [-0.4, -0.2) is 92.3 Å². The van der Waals surface area contributed by atoms with E-state index in [1.165, 1.54) is 11.8 Å². The number of piperidine rings is 1. The summed E-state index contributed by atoms with van der Waals surface area (Å²) in [7, 11) is 0. The number of amides is 1. The summed E-state index contributed by atoms with van der Waals surface area (Å²) in [6, 6.07) is 9.48. The van der Waals surface area contributed by atoms with Gasteiger partial charge in [-0.05, 0) is 17.7 Å². The first-order chi connectivity index (χ1) is 17.6. The van der Waals surface area contributed by atoms with Gasteiger partial charge in [-0.25, -0.2) is 9.97 Å². The first-order valence-corrected chi connectivity index (χ1v) is 13.8. The summed E-state index contributed by atoms with van der Waals surface area (Å²) in [5, 5.41) is 4.07. The lowest BCUT2D eigenvalue weighted by molar-refractivity contribution is -0.169. The second-order valence-electron chi connectivity index (χ2n) is 9.12. The lowest BCUT2D eigenvalue weighted by Crippen LogP contribution is -2.45. The molecule has 1 aromatic carbocycles. The fourth-order valence-corrected chi connectivity index (χ4v) is 5.67. The van der Waals surface area contributed by atoms with Gasteiger partial charge in [-0.2, -0.15) is 0 Å². The van der Waals surface area contributed by atoms with Crippen LogP contribution >= 0.6 is 23.4 Å². The SMILES string of the molecule is O=C(NCCN1CCOCC1)c1ccc(CSc2nc(Cl)cc(N3CCC4(CC3)OCCO4)n2)cc1. The largest absolute Gasteiger partial charge is 0.379 e. The van der Waals surface area contributed by atoms with E-state index in [2.05, 4.69) is 20.1 Å². The van der Waals surface area contributed by atoms with Crippen LogP contribution in [-0.2, 0) is 20.0 Å². The molecule has 194 valence electrons. The van der Waals surface area contributed by atoms with Gasteiger partial charge in [0, 0.05) is 69.5 Å². The van der Waals surface area contributed by atoms with Gasteiger partial charge in [0.15, 0.2) is 10.9 Å². The van der Waals surface area contributed by atoms with Crippen LogP contribution in [0.25, 0.3) is 0 Å². The maximum atomic E-state index is 12.5. The molecule has 11 heteroatoms. The molecule has 1 amide bonds. The highest BCUT2D eigenvalue weighted by Gasteiger charge is 2.40. The number of halogens is 1. The summed E-state index contributed by atoms with van der Waals surface area (Å²) in [5.74, 6) is 1.04. The molecule has 0 radical (unpaired) electrons. The molecule has 3 saturated heterocycles. The van der Waals surface area contributed by atoms with Crippen LogP contribution in [0.2, 0.25) is 5.15 Å². The Morgan fingerprint density at radius 3 is 2.47 bits per heavy atom. The van der Waals surface area contributed by atoms with Gasteiger partial charge < -0.3 is 24.4 Å². The number of aromatic nitrogens is 2. The van der Waals surface area contributed by atoms with Crippen molar-refractivity contribution < 1.29 is 19.0 Å². The van der Waals surface area contributed by atoms with Crippen molar-refractivity contribution in [3.8, 4) is 0 Å². The van der Waals surface area contributed by atoms with Crippen molar-refractivity contribution >= 4 is 35.1 Å². The van der Waals surface area contributed by atoms with E-state index in [0.29, 0.717) is 41.4 Å². The van der Waals surface area contributed by atoms with Gasteiger partial charge in [-0.15, -0.1) is 0 Å². The van der Waals surface area contributed by atoms with Crippen LogP contribution in [0.4, 0.5) is 5.82 Å². The number of rotatable bonds is 8. The number of morpholine rings is 1. The van der Waals surface area contributed by atoms with Crippen LogP contribution in [0.1, 0.15) is 28.8 Å². The van der Waals surface area contributed by atoms with E-state index in [0.717, 1.165) is 70.2 Å². The van der Waals surface area contributed by atoms with E-state index >= 15 is 0 Å². The molecule has 0 aliphatic carbocycles. The fourth-order valence-electron chi connectivity index (χ4n) is 4.63. The average molecular weight is 534 g/mol. The molecular weight excluding hydrogens is 502 g/mol. The van der Waals surface area contributed by atoms with E-state index in [-0.39, 0.29) is 5.91 Å². The van der Waals surface area contributed by atoms with E-state index < -0.39 is 5.79 Å². The number of hydrogen-bond donors (Lipinski definition) is 1. The molecule has 1 N–H and O–H groups in total. The van der Waals surface area contributed by atoms with E-state index in [1.54, 1.807) is 0 Å². The molecule has 0 saturated carbocycles. The molecule has 9 nitrogen and oxygen atoms in total. The van der Waals surface area contributed by atoms with Crippen molar-refractivity contribution in [2.45, 2.75) is 29.5 Å². The van der Waals surface area contributed by atoms with Crippen LogP contribution in [0.3, 0.4) is 0 Å². The van der Waals surface area contributed by atoms with Crippen molar-refractivity contribution in [3.05, 3.63) is 46.6 Å². The number of benzene rings is 1. The average Bonchev–Trinajstić information content (AvgIpc) is 3.36. The number of anilines is 1. The molecule has 0 atom stereocenters. The predicted octanol–water partition coefficient (Wildman–Crippen LogP) is 2.83. The van der Waals surface area contributed by atoms with Gasteiger partial charge >= 0.3 is 0 Å². The molecule has 0 unspecified atom stereocenters. The minimum absolute atomic E-state index is 0.0537. The molecule has 3 fully saturated rings. The van der Waals surface area contributed by atoms with E-state index in [1.807, 2.05) is 30.3 Å². The molecular formula is C25H32ClN5O4S. The van der Waals surface area contributed by atoms with Crippen molar-refractivity contribution in [1.29, 1.82) is 0 Å². The van der Waals surface area contributed by atoms with E-state index in [9.17, 15) is 4.79 Å². The van der Waals surface area contributed by atoms with Crippen molar-refractivity contribution in [2.75, 3.05) is 70.6 Å². The summed E-state index contributed by atoms with van der Waals surface area (Å²) >= 11 is 7.85. The number of thioether (sulfide) groups is 1. The second-order valence-corrected chi connectivity index (χ2v) is 10.5. The normalized spacial score (nSPS) is 20.1. The maximum Gasteiger partial charge on any atom is 0.251 e. The first kappa shape index (κ1) is 25.7. The Balaban J connectivity index is 1.10. The van der Waals surface area contributed by atoms with Crippen molar-refractivity contribution in [3.63, 3.8) is 0 Å². The summed E-state index contributed by atoms with van der Waals surface area (Å²) in [6.07, 6.45) is 1.62. The van der Waals surface area contributed by atoms with Crippen LogP contribution < -0.4 is 10.2 Å². The Morgan fingerprint density at radius 1 is 1.03 bits per heavy atom. The molecule has 2 aromatic rings. The van der Waals surface area contributed by atoms with E-state index in [4.69, 9.17) is 30.8 Å². The van der Waals surface area contributed by atoms with Crippen molar-refractivity contribution in [2.24, 2.45) is 0 Å². The number of hydrogen-bond acceptors (Lipinski definition) is 9. The zero-order valence-electron chi connectivity index (χ0n) is 20.3. The topological polar surface area (TPSA) is 89.1 Å². The van der Waals surface area contributed by atoms with Gasteiger partial charge in [0.05, 0.1) is 26.4 Å². The molecule has 5 rings (SSSR count). The summed E-state index contributed by atoms with van der Waals surface area (Å²) in [4.78, 5) is 26.1. The van der Waals surface area contributed by atoms with Crippen LogP contribution in [0.5, 0.6) is 0 Å². The number of ether oxygens (including phenoxy) is 3. The third-order valence-electron chi connectivity index (χ3n) is 6.72. The third-order valence-corrected chi connectivity index (χ3v) is 7.84. The standard InChI is InChI=1S/C25H32ClN5O4S/c26-21-17-22(31-8-5-25(6-9-31)34-15-16-35-25)29-24(28-21)36-18-19-1-3-20(4-2-19)23(32)27-7-10-30-11-13-33-14-12-30/h1-4,17H,5-16,18H2,(H,27,32). The molecule has 4 heterocycles. The van der Waals surface area contributed by atoms with Gasteiger partial charge in [-0.1, -0.05) is 35.5 Å². The number of nitrogens with zero attached hydrogens (tertiary/aromatic N) is 4. The van der Waals surface area contributed by atoms with Crippen molar-refractivity contribution in [1.82, 2.24) is 20.2 Å². The first-order valence-electron chi connectivity index (χ1n) is 12.5. The van der Waals surface area contributed by atoms with Crippen LogP contribution in [0, 0.1) is 0 Å². The molecule has 1 aromatic heterocycles. The van der Waals surface area contributed by atoms with Gasteiger partial charge in [0.25, 0.3) is 5.91 Å². The highest BCUT2D eigenvalue weighted by molar-refractivity contribution is 7.98. The Hall–Kier alpha value is -1.95. The summed E-state index contributed by atoms with van der Waals surface area (Å²) in [6.45, 7) is 7.76. The zero-order valence-corrected chi connectivity index (χ0v) is 21.9.